The summed E-state index contributed by atoms with van der Waals surface area (Å²) in [5.74, 6) is 0.0655. The Kier molecular flexibility index (Phi) is 5.33. The Labute approximate surface area is 132 Å². The van der Waals surface area contributed by atoms with Gasteiger partial charge in [-0.1, -0.05) is 43.6 Å². The van der Waals surface area contributed by atoms with Gasteiger partial charge in [-0.05, 0) is 6.07 Å². The van der Waals surface area contributed by atoms with Crippen LogP contribution in [0.25, 0.3) is 0 Å². The minimum atomic E-state index is -0.833. The molecule has 0 spiro atoms. The molecule has 6 heteroatoms. The van der Waals surface area contributed by atoms with Crippen molar-refractivity contribution in [3.63, 3.8) is 0 Å². The zero-order chi connectivity index (χ0) is 15.4. The third kappa shape index (κ3) is 4.03. The van der Waals surface area contributed by atoms with E-state index in [1.165, 1.54) is 11.3 Å². The van der Waals surface area contributed by atoms with E-state index < -0.39 is 6.10 Å². The van der Waals surface area contributed by atoms with Crippen LogP contribution in [0.15, 0.2) is 30.5 Å². The lowest BCUT2D eigenvalue weighted by molar-refractivity contribution is 0.0920. The number of nitrogens with one attached hydrogen (secondary N) is 1. The molecule has 0 fully saturated rings. The zero-order valence-electron chi connectivity index (χ0n) is 11.8. The smallest absolute Gasteiger partial charge is 0.263 e. The predicted octanol–water partition coefficient (Wildman–Crippen LogP) is 3.38. The highest BCUT2D eigenvalue weighted by Crippen LogP contribution is 2.23. The minimum Gasteiger partial charge on any atom is -0.387 e. The number of aromatic nitrogens is 1. The van der Waals surface area contributed by atoms with Gasteiger partial charge in [0.15, 0.2) is 0 Å². The third-order valence-electron chi connectivity index (χ3n) is 2.96. The lowest BCUT2D eigenvalue weighted by Gasteiger charge is -2.13. The van der Waals surface area contributed by atoms with E-state index in [9.17, 15) is 9.90 Å². The van der Waals surface area contributed by atoms with Gasteiger partial charge in [-0.2, -0.15) is 0 Å². The third-order valence-corrected chi connectivity index (χ3v) is 4.60. The van der Waals surface area contributed by atoms with Gasteiger partial charge >= 0.3 is 0 Å². The van der Waals surface area contributed by atoms with Crippen molar-refractivity contribution >= 4 is 28.8 Å². The van der Waals surface area contributed by atoms with Gasteiger partial charge in [0.1, 0.15) is 4.88 Å². The van der Waals surface area contributed by atoms with Crippen molar-refractivity contribution in [3.8, 4) is 0 Å². The topological polar surface area (TPSA) is 62.2 Å². The lowest BCUT2D eigenvalue weighted by Crippen LogP contribution is -2.27. The number of nitrogens with zero attached hydrogens (tertiary/aromatic N) is 1. The number of benzene rings is 1. The molecule has 0 radical (unpaired) electrons. The largest absolute Gasteiger partial charge is 0.387 e. The van der Waals surface area contributed by atoms with E-state index in [-0.39, 0.29) is 12.5 Å². The number of aliphatic hydroxyl groups excluding tert-OH is 1. The molecular weight excluding hydrogens is 308 g/mol. The molecule has 1 aromatic carbocycles. The van der Waals surface area contributed by atoms with E-state index in [4.69, 9.17) is 11.6 Å². The summed E-state index contributed by atoms with van der Waals surface area (Å²) < 4.78 is 0. The summed E-state index contributed by atoms with van der Waals surface area (Å²) in [6.07, 6.45) is 0.733. The number of rotatable bonds is 5. The van der Waals surface area contributed by atoms with Gasteiger partial charge in [0.25, 0.3) is 5.91 Å². The average molecular weight is 325 g/mol. The molecule has 1 heterocycles. The van der Waals surface area contributed by atoms with Crippen LogP contribution < -0.4 is 5.32 Å². The van der Waals surface area contributed by atoms with Gasteiger partial charge < -0.3 is 10.4 Å². The van der Waals surface area contributed by atoms with E-state index in [1.54, 1.807) is 30.5 Å². The fourth-order valence-corrected chi connectivity index (χ4v) is 2.89. The van der Waals surface area contributed by atoms with Crippen molar-refractivity contribution in [3.05, 3.63) is 50.9 Å². The van der Waals surface area contributed by atoms with Crippen molar-refractivity contribution in [2.75, 3.05) is 6.54 Å². The number of aliphatic hydroxyl groups is 1. The van der Waals surface area contributed by atoms with E-state index >= 15 is 0 Å². The molecule has 0 saturated heterocycles. The summed E-state index contributed by atoms with van der Waals surface area (Å²) >= 11 is 7.38. The maximum atomic E-state index is 12.0. The molecule has 0 aliphatic rings. The van der Waals surface area contributed by atoms with Gasteiger partial charge in [-0.3, -0.25) is 4.79 Å². The van der Waals surface area contributed by atoms with Gasteiger partial charge in [0, 0.05) is 23.0 Å². The van der Waals surface area contributed by atoms with Crippen molar-refractivity contribution in [1.82, 2.24) is 10.3 Å². The second-order valence-corrected chi connectivity index (χ2v) is 6.43. The maximum absolute atomic E-state index is 12.0. The van der Waals surface area contributed by atoms with Crippen LogP contribution in [-0.4, -0.2) is 22.5 Å². The minimum absolute atomic E-state index is 0.109. The fraction of sp³-hybridized carbons (Fsp3) is 0.333. The van der Waals surface area contributed by atoms with E-state index in [0.717, 1.165) is 5.01 Å². The Morgan fingerprint density at radius 2 is 2.14 bits per heavy atom. The first kappa shape index (κ1) is 15.9. The summed E-state index contributed by atoms with van der Waals surface area (Å²) in [5.41, 5.74) is 0.603. The van der Waals surface area contributed by atoms with Crippen molar-refractivity contribution in [2.24, 2.45) is 0 Å². The predicted molar refractivity (Wildman–Crippen MR) is 84.9 cm³/mol. The molecule has 1 aromatic heterocycles. The molecule has 0 aliphatic carbocycles. The molecule has 2 rings (SSSR count). The number of carbonyl (C=O) groups excluding carboxylic acids is 1. The molecule has 0 saturated carbocycles. The second kappa shape index (κ2) is 7.02. The molecule has 4 nitrogen and oxygen atoms in total. The van der Waals surface area contributed by atoms with Gasteiger partial charge in [-0.15, -0.1) is 11.3 Å². The summed E-state index contributed by atoms with van der Waals surface area (Å²) in [6, 6.07) is 7.04. The van der Waals surface area contributed by atoms with Gasteiger partial charge in [0.2, 0.25) is 0 Å². The number of hydrogen-bond donors (Lipinski definition) is 2. The number of amides is 1. The summed E-state index contributed by atoms with van der Waals surface area (Å²) in [4.78, 5) is 16.8. The molecule has 2 aromatic rings. The number of carbonyl (C=O) groups is 1. The van der Waals surface area contributed by atoms with E-state index in [1.807, 2.05) is 13.8 Å². The zero-order valence-corrected chi connectivity index (χ0v) is 13.4. The quantitative estimate of drug-likeness (QED) is 0.886. The molecule has 0 aliphatic heterocycles. The summed E-state index contributed by atoms with van der Waals surface area (Å²) in [5, 5.41) is 14.2. The second-order valence-electron chi connectivity index (χ2n) is 4.96. The first-order chi connectivity index (χ1) is 9.99. The summed E-state index contributed by atoms with van der Waals surface area (Å²) in [6.45, 7) is 4.17. The van der Waals surface area contributed by atoms with Crippen LogP contribution in [0.2, 0.25) is 5.02 Å². The molecular formula is C15H17ClN2O2S. The van der Waals surface area contributed by atoms with Crippen LogP contribution in [-0.2, 0) is 0 Å². The maximum Gasteiger partial charge on any atom is 0.263 e. The van der Waals surface area contributed by atoms with Crippen LogP contribution in [0.5, 0.6) is 0 Å². The fourth-order valence-electron chi connectivity index (χ4n) is 1.79. The van der Waals surface area contributed by atoms with Gasteiger partial charge in [0.05, 0.1) is 17.3 Å². The molecule has 1 amide bonds. The monoisotopic (exact) mass is 324 g/mol. The van der Waals surface area contributed by atoms with Crippen LogP contribution in [0.3, 0.4) is 0 Å². The lowest BCUT2D eigenvalue weighted by atomic mass is 10.1. The Morgan fingerprint density at radius 3 is 2.76 bits per heavy atom. The Hall–Kier alpha value is -1.43. The molecule has 0 bridgehead atoms. The average Bonchev–Trinajstić information content (AvgIpc) is 2.95. The number of hydrogen-bond acceptors (Lipinski definition) is 4. The molecule has 2 N–H and O–H groups in total. The van der Waals surface area contributed by atoms with Crippen LogP contribution in [0, 0.1) is 0 Å². The Morgan fingerprint density at radius 1 is 1.43 bits per heavy atom. The Balaban J connectivity index is 1.96. The summed E-state index contributed by atoms with van der Waals surface area (Å²) in [7, 11) is 0. The highest BCUT2D eigenvalue weighted by Gasteiger charge is 2.15. The standard InChI is InChI=1S/C15H17ClN2O2S/c1-9(2)15-18-8-13(21-15)14(20)17-7-12(19)10-5-3-4-6-11(10)16/h3-6,8-9,12,19H,7H2,1-2H3,(H,17,20). The first-order valence-corrected chi connectivity index (χ1v) is 7.85. The SMILES string of the molecule is CC(C)c1ncc(C(=O)NCC(O)c2ccccc2Cl)s1. The molecule has 112 valence electrons. The van der Waals surface area contributed by atoms with E-state index in [2.05, 4.69) is 10.3 Å². The van der Waals surface area contributed by atoms with Crippen LogP contribution in [0.1, 0.15) is 46.1 Å². The number of halogens is 1. The highest BCUT2D eigenvalue weighted by atomic mass is 35.5. The van der Waals surface area contributed by atoms with Crippen LogP contribution >= 0.6 is 22.9 Å². The van der Waals surface area contributed by atoms with Crippen molar-refractivity contribution < 1.29 is 9.90 Å². The highest BCUT2D eigenvalue weighted by molar-refractivity contribution is 7.13. The van der Waals surface area contributed by atoms with Crippen molar-refractivity contribution in [1.29, 1.82) is 0 Å². The normalized spacial score (nSPS) is 12.4. The number of thiazole rings is 1. The first-order valence-electron chi connectivity index (χ1n) is 6.65. The van der Waals surface area contributed by atoms with Gasteiger partial charge in [-0.25, -0.2) is 4.98 Å². The Bertz CT molecular complexity index is 628. The van der Waals surface area contributed by atoms with Crippen LogP contribution in [0.4, 0.5) is 0 Å². The van der Waals surface area contributed by atoms with Crippen molar-refractivity contribution in [2.45, 2.75) is 25.9 Å². The molecule has 1 unspecified atom stereocenters. The molecule has 1 atom stereocenters. The van der Waals surface area contributed by atoms with E-state index in [0.29, 0.717) is 21.4 Å². The molecule has 21 heavy (non-hydrogen) atoms.